The minimum atomic E-state index is -0.406. The maximum absolute atomic E-state index is 11.7. The molecule has 0 aliphatic rings. The number of hydrogen-bond donors (Lipinski definition) is 3. The highest BCUT2D eigenvalue weighted by molar-refractivity contribution is 5.94. The third-order valence-electron chi connectivity index (χ3n) is 2.75. The second-order valence-corrected chi connectivity index (χ2v) is 4.76. The number of likely N-dealkylation sites (N-methyl/N-ethyl adjacent to an activating group) is 1. The quantitative estimate of drug-likeness (QED) is 0.377. The van der Waals surface area contributed by atoms with E-state index in [0.717, 1.165) is 0 Å². The molecule has 0 spiro atoms. The van der Waals surface area contributed by atoms with Gasteiger partial charge in [0.2, 0.25) is 5.91 Å². The molecule has 0 aliphatic carbocycles. The van der Waals surface area contributed by atoms with Crippen molar-refractivity contribution in [1.29, 1.82) is 0 Å². The van der Waals surface area contributed by atoms with Crippen LogP contribution in [0.5, 0.6) is 0 Å². The highest BCUT2D eigenvalue weighted by Gasteiger charge is 2.17. The molecule has 1 aromatic rings. The molecule has 0 saturated heterocycles. The monoisotopic (exact) mass is 282 g/mol. The van der Waals surface area contributed by atoms with Crippen LogP contribution in [0.15, 0.2) is 16.7 Å². The molecule has 0 saturated carbocycles. The van der Waals surface area contributed by atoms with E-state index in [1.165, 1.54) is 6.26 Å². The van der Waals surface area contributed by atoms with Gasteiger partial charge in [-0.2, -0.15) is 0 Å². The Morgan fingerprint density at radius 2 is 2.15 bits per heavy atom. The van der Waals surface area contributed by atoms with Crippen LogP contribution < -0.4 is 16.6 Å². The largest absolute Gasteiger partial charge is 0.467 e. The molecule has 2 amide bonds. The smallest absolute Gasteiger partial charge is 0.268 e. The van der Waals surface area contributed by atoms with E-state index in [1.807, 2.05) is 25.7 Å². The highest BCUT2D eigenvalue weighted by atomic mass is 16.3. The van der Waals surface area contributed by atoms with Crippen molar-refractivity contribution in [3.8, 4) is 0 Å². The lowest BCUT2D eigenvalue weighted by Gasteiger charge is -2.20. The van der Waals surface area contributed by atoms with Gasteiger partial charge >= 0.3 is 0 Å². The Balaban J connectivity index is 2.67. The van der Waals surface area contributed by atoms with Crippen LogP contribution in [0.2, 0.25) is 0 Å². The van der Waals surface area contributed by atoms with Gasteiger partial charge in [-0.25, -0.2) is 5.84 Å². The van der Waals surface area contributed by atoms with E-state index in [0.29, 0.717) is 24.4 Å². The SMILES string of the molecule is CCN(CC(=O)NC(C)C)Cc1occc1C(=O)NN. The lowest BCUT2D eigenvalue weighted by Crippen LogP contribution is -2.40. The van der Waals surface area contributed by atoms with Crippen molar-refractivity contribution in [1.82, 2.24) is 15.6 Å². The fraction of sp³-hybridized carbons (Fsp3) is 0.538. The second-order valence-electron chi connectivity index (χ2n) is 4.76. The van der Waals surface area contributed by atoms with E-state index in [4.69, 9.17) is 10.3 Å². The summed E-state index contributed by atoms with van der Waals surface area (Å²) >= 11 is 0. The first-order chi connectivity index (χ1) is 9.47. The van der Waals surface area contributed by atoms with Crippen LogP contribution in [0.1, 0.15) is 36.9 Å². The van der Waals surface area contributed by atoms with E-state index in [-0.39, 0.29) is 18.5 Å². The molecule has 7 nitrogen and oxygen atoms in total. The van der Waals surface area contributed by atoms with E-state index >= 15 is 0 Å². The first-order valence-corrected chi connectivity index (χ1v) is 6.57. The normalized spacial score (nSPS) is 10.9. The van der Waals surface area contributed by atoms with Gasteiger partial charge < -0.3 is 9.73 Å². The van der Waals surface area contributed by atoms with Crippen molar-refractivity contribution >= 4 is 11.8 Å². The van der Waals surface area contributed by atoms with E-state index < -0.39 is 5.91 Å². The number of furan rings is 1. The van der Waals surface area contributed by atoms with Gasteiger partial charge in [-0.15, -0.1) is 0 Å². The van der Waals surface area contributed by atoms with Crippen LogP contribution in [-0.4, -0.2) is 35.8 Å². The number of nitrogen functional groups attached to an aromatic ring is 1. The van der Waals surface area contributed by atoms with Crippen molar-refractivity contribution in [2.75, 3.05) is 13.1 Å². The number of nitrogens with one attached hydrogen (secondary N) is 2. The minimum absolute atomic E-state index is 0.0572. The number of nitrogens with two attached hydrogens (primary N) is 1. The zero-order valence-electron chi connectivity index (χ0n) is 12.1. The lowest BCUT2D eigenvalue weighted by molar-refractivity contribution is -0.122. The zero-order valence-corrected chi connectivity index (χ0v) is 12.1. The van der Waals surface area contributed by atoms with Crippen LogP contribution in [0.3, 0.4) is 0 Å². The van der Waals surface area contributed by atoms with Gasteiger partial charge in [0, 0.05) is 6.04 Å². The van der Waals surface area contributed by atoms with Crippen LogP contribution in [-0.2, 0) is 11.3 Å². The molecule has 0 bridgehead atoms. The molecular formula is C13H22N4O3. The first-order valence-electron chi connectivity index (χ1n) is 6.57. The van der Waals surface area contributed by atoms with Crippen molar-refractivity contribution in [2.24, 2.45) is 5.84 Å². The van der Waals surface area contributed by atoms with Crippen molar-refractivity contribution in [3.05, 3.63) is 23.7 Å². The minimum Gasteiger partial charge on any atom is -0.467 e. The summed E-state index contributed by atoms with van der Waals surface area (Å²) in [5.41, 5.74) is 2.45. The summed E-state index contributed by atoms with van der Waals surface area (Å²) in [6.45, 7) is 7.04. The average molecular weight is 282 g/mol. The van der Waals surface area contributed by atoms with Crippen molar-refractivity contribution in [3.63, 3.8) is 0 Å². The number of rotatable bonds is 7. The third-order valence-corrected chi connectivity index (χ3v) is 2.75. The lowest BCUT2D eigenvalue weighted by atomic mass is 10.2. The molecule has 0 aliphatic heterocycles. The number of amides is 2. The molecule has 1 heterocycles. The predicted molar refractivity (Wildman–Crippen MR) is 74.6 cm³/mol. The van der Waals surface area contributed by atoms with Gasteiger partial charge in [0.1, 0.15) is 5.76 Å². The molecule has 0 aromatic carbocycles. The van der Waals surface area contributed by atoms with Gasteiger partial charge in [-0.05, 0) is 26.5 Å². The molecule has 0 fully saturated rings. The first kappa shape index (κ1) is 16.2. The third kappa shape index (κ3) is 4.67. The molecular weight excluding hydrogens is 260 g/mol. The molecule has 20 heavy (non-hydrogen) atoms. The topological polar surface area (TPSA) is 101 Å². The van der Waals surface area contributed by atoms with Gasteiger partial charge in [0.25, 0.3) is 5.91 Å². The fourth-order valence-corrected chi connectivity index (χ4v) is 1.80. The van der Waals surface area contributed by atoms with Crippen molar-refractivity contribution in [2.45, 2.75) is 33.4 Å². The number of hydrazine groups is 1. The summed E-state index contributed by atoms with van der Waals surface area (Å²) < 4.78 is 5.29. The van der Waals surface area contributed by atoms with E-state index in [9.17, 15) is 9.59 Å². The Bertz CT molecular complexity index is 456. The standard InChI is InChI=1S/C13H22N4O3/c1-4-17(8-12(18)15-9(2)3)7-11-10(5-6-20-11)13(19)16-14/h5-6,9H,4,7-8,14H2,1-3H3,(H,15,18)(H,16,19). The molecule has 0 atom stereocenters. The van der Waals surface area contributed by atoms with Gasteiger partial charge in [-0.3, -0.25) is 19.9 Å². The summed E-state index contributed by atoms with van der Waals surface area (Å²) in [5, 5.41) is 2.83. The Hall–Kier alpha value is -1.86. The van der Waals surface area contributed by atoms with Gasteiger partial charge in [0.05, 0.1) is 24.9 Å². The fourth-order valence-electron chi connectivity index (χ4n) is 1.80. The number of carbonyl (C=O) groups excluding carboxylic acids is 2. The van der Waals surface area contributed by atoms with Gasteiger partial charge in [0.15, 0.2) is 0 Å². The zero-order chi connectivity index (χ0) is 15.1. The van der Waals surface area contributed by atoms with E-state index in [1.54, 1.807) is 6.07 Å². The molecule has 0 unspecified atom stereocenters. The van der Waals surface area contributed by atoms with E-state index in [2.05, 4.69) is 10.7 Å². The maximum atomic E-state index is 11.7. The number of carbonyl (C=O) groups is 2. The van der Waals surface area contributed by atoms with Gasteiger partial charge in [-0.1, -0.05) is 6.92 Å². The Morgan fingerprint density at radius 1 is 1.45 bits per heavy atom. The molecule has 7 heteroatoms. The summed E-state index contributed by atoms with van der Waals surface area (Å²) in [5.74, 6) is 5.14. The van der Waals surface area contributed by atoms with Crippen LogP contribution >= 0.6 is 0 Å². The Labute approximate surface area is 118 Å². The Morgan fingerprint density at radius 3 is 2.70 bits per heavy atom. The summed E-state index contributed by atoms with van der Waals surface area (Å²) in [4.78, 5) is 25.2. The maximum Gasteiger partial charge on any atom is 0.268 e. The summed E-state index contributed by atoms with van der Waals surface area (Å²) in [6, 6.07) is 1.66. The summed E-state index contributed by atoms with van der Waals surface area (Å²) in [6.07, 6.45) is 1.43. The van der Waals surface area contributed by atoms with Crippen LogP contribution in [0.25, 0.3) is 0 Å². The molecule has 0 radical (unpaired) electrons. The Kier molecular flexibility index (Phi) is 6.20. The summed E-state index contributed by atoms with van der Waals surface area (Å²) in [7, 11) is 0. The molecule has 1 aromatic heterocycles. The molecule has 1 rings (SSSR count). The number of nitrogens with zero attached hydrogens (tertiary/aromatic N) is 1. The number of hydrogen-bond acceptors (Lipinski definition) is 5. The van der Waals surface area contributed by atoms with Crippen LogP contribution in [0, 0.1) is 0 Å². The average Bonchev–Trinajstić information content (AvgIpc) is 2.84. The van der Waals surface area contributed by atoms with Crippen molar-refractivity contribution < 1.29 is 14.0 Å². The van der Waals surface area contributed by atoms with Crippen LogP contribution in [0.4, 0.5) is 0 Å². The molecule has 4 N–H and O–H groups in total. The second kappa shape index (κ2) is 7.66. The highest BCUT2D eigenvalue weighted by Crippen LogP contribution is 2.13. The molecule has 112 valence electrons. The predicted octanol–water partition coefficient (Wildman–Crippen LogP) is 0.230.